The highest BCUT2D eigenvalue weighted by molar-refractivity contribution is 5.67. The van der Waals surface area contributed by atoms with Crippen LogP contribution >= 0.6 is 0 Å². The molecule has 0 bridgehead atoms. The molecule has 180 valence electrons. The van der Waals surface area contributed by atoms with Crippen molar-refractivity contribution in [3.05, 3.63) is 69.9 Å². The first-order chi connectivity index (χ1) is 16.0. The zero-order valence-electron chi connectivity index (χ0n) is 20.4. The van der Waals surface area contributed by atoms with Gasteiger partial charge in [-0.2, -0.15) is 0 Å². The summed E-state index contributed by atoms with van der Waals surface area (Å²) in [4.78, 5) is 14.0. The molecule has 2 aromatic heterocycles. The number of hydrogen-bond donors (Lipinski definition) is 2. The number of H-pyrrole nitrogens is 1. The van der Waals surface area contributed by atoms with E-state index < -0.39 is 11.6 Å². The largest absolute Gasteiger partial charge is 0.505 e. The standard InChI is InChI=1S/C26H32FN5O2/c1-25(2)13-6-14-26(3,4)32(25)31(5)21-11-9-19(29-30-21)23-18(8-10-20(33)24(23)27)15-17-7-12-22(34)28-16-17/h7-12,16,33H,6,13-15H2,1-5H3,(H,28,34). The number of phenols is 1. The molecule has 0 atom stereocenters. The number of aromatic hydroxyl groups is 1. The van der Waals surface area contributed by atoms with Crippen LogP contribution in [0.4, 0.5) is 10.2 Å². The molecule has 0 amide bonds. The predicted octanol–water partition coefficient (Wildman–Crippen LogP) is 4.66. The Hall–Kier alpha value is -3.26. The Labute approximate surface area is 199 Å². The summed E-state index contributed by atoms with van der Waals surface area (Å²) in [5, 5.41) is 23.2. The minimum absolute atomic E-state index is 0.0436. The number of halogens is 1. The van der Waals surface area contributed by atoms with Gasteiger partial charge in [-0.3, -0.25) is 9.80 Å². The summed E-state index contributed by atoms with van der Waals surface area (Å²) in [7, 11) is 1.98. The molecule has 1 aromatic carbocycles. The van der Waals surface area contributed by atoms with Crippen molar-refractivity contribution in [1.82, 2.24) is 20.2 Å². The normalized spacial score (nSPS) is 17.5. The minimum Gasteiger partial charge on any atom is -0.505 e. The van der Waals surface area contributed by atoms with Gasteiger partial charge >= 0.3 is 0 Å². The van der Waals surface area contributed by atoms with E-state index in [1.807, 2.05) is 18.1 Å². The molecule has 0 radical (unpaired) electrons. The second-order valence-corrected chi connectivity index (χ2v) is 10.3. The van der Waals surface area contributed by atoms with E-state index in [0.29, 0.717) is 23.5 Å². The van der Waals surface area contributed by atoms with Crippen molar-refractivity contribution in [1.29, 1.82) is 0 Å². The third kappa shape index (κ3) is 4.55. The van der Waals surface area contributed by atoms with E-state index in [-0.39, 0.29) is 22.2 Å². The Morgan fingerprint density at radius 1 is 1.06 bits per heavy atom. The highest BCUT2D eigenvalue weighted by Crippen LogP contribution is 2.40. The van der Waals surface area contributed by atoms with E-state index in [0.717, 1.165) is 18.4 Å². The van der Waals surface area contributed by atoms with E-state index >= 15 is 4.39 Å². The molecule has 2 N–H and O–H groups in total. The number of nitrogens with zero attached hydrogens (tertiary/aromatic N) is 4. The Morgan fingerprint density at radius 2 is 1.76 bits per heavy atom. The summed E-state index contributed by atoms with van der Waals surface area (Å²) in [5.41, 5.74) is 1.69. The topological polar surface area (TPSA) is 85.3 Å². The first-order valence-electron chi connectivity index (χ1n) is 11.6. The fourth-order valence-electron chi connectivity index (χ4n) is 5.33. The Bertz CT molecular complexity index is 1200. The molecule has 0 unspecified atom stereocenters. The average molecular weight is 466 g/mol. The van der Waals surface area contributed by atoms with Gasteiger partial charge in [0.15, 0.2) is 17.4 Å². The first-order valence-corrected chi connectivity index (χ1v) is 11.6. The summed E-state index contributed by atoms with van der Waals surface area (Å²) in [5.74, 6) is -0.523. The van der Waals surface area contributed by atoms with Crippen LogP contribution in [0, 0.1) is 5.82 Å². The highest BCUT2D eigenvalue weighted by atomic mass is 19.1. The number of nitrogens with one attached hydrogen (secondary N) is 1. The number of aromatic amines is 1. The van der Waals surface area contributed by atoms with E-state index in [1.54, 1.807) is 24.4 Å². The molecule has 4 rings (SSSR count). The van der Waals surface area contributed by atoms with Gasteiger partial charge in [0.1, 0.15) is 0 Å². The van der Waals surface area contributed by atoms with Crippen LogP contribution in [0.3, 0.4) is 0 Å². The SMILES string of the molecule is CN(c1ccc(-c2c(Cc3ccc(=O)[nH]c3)ccc(O)c2F)nn1)N1C(C)(C)CCCC1(C)C. The van der Waals surface area contributed by atoms with Crippen molar-refractivity contribution in [3.63, 3.8) is 0 Å². The van der Waals surface area contributed by atoms with Crippen LogP contribution in [-0.2, 0) is 6.42 Å². The van der Waals surface area contributed by atoms with Crippen molar-refractivity contribution < 1.29 is 9.50 Å². The van der Waals surface area contributed by atoms with E-state index in [1.165, 1.54) is 18.6 Å². The quantitative estimate of drug-likeness (QED) is 0.570. The zero-order chi connectivity index (χ0) is 24.7. The summed E-state index contributed by atoms with van der Waals surface area (Å²) in [6.45, 7) is 8.93. The lowest BCUT2D eigenvalue weighted by atomic mass is 9.81. The van der Waals surface area contributed by atoms with Crippen LogP contribution in [0.15, 0.2) is 47.4 Å². The Kier molecular flexibility index (Phi) is 6.20. The molecule has 1 fully saturated rings. The van der Waals surface area contributed by atoms with Gasteiger partial charge in [0.25, 0.3) is 0 Å². The highest BCUT2D eigenvalue weighted by Gasteiger charge is 2.44. The van der Waals surface area contributed by atoms with Gasteiger partial charge in [0, 0.05) is 36.0 Å². The van der Waals surface area contributed by atoms with Gasteiger partial charge in [0.2, 0.25) is 5.56 Å². The summed E-state index contributed by atoms with van der Waals surface area (Å²) in [6, 6.07) is 9.68. The third-order valence-corrected chi connectivity index (χ3v) is 6.71. The molecule has 0 spiro atoms. The second-order valence-electron chi connectivity index (χ2n) is 10.3. The maximum Gasteiger partial charge on any atom is 0.247 e. The van der Waals surface area contributed by atoms with E-state index in [9.17, 15) is 9.90 Å². The monoisotopic (exact) mass is 465 g/mol. The molecule has 1 aliphatic rings. The zero-order valence-corrected chi connectivity index (χ0v) is 20.4. The molecule has 7 nitrogen and oxygen atoms in total. The molecule has 3 heterocycles. The van der Waals surface area contributed by atoms with Gasteiger partial charge in [0.05, 0.1) is 5.69 Å². The van der Waals surface area contributed by atoms with Gasteiger partial charge in [-0.15, -0.1) is 10.2 Å². The van der Waals surface area contributed by atoms with Crippen LogP contribution in [0.2, 0.25) is 0 Å². The predicted molar refractivity (Wildman–Crippen MR) is 131 cm³/mol. The lowest BCUT2D eigenvalue weighted by Crippen LogP contribution is -2.64. The number of phenolic OH excluding ortho intramolecular Hbond substituents is 1. The van der Waals surface area contributed by atoms with Crippen LogP contribution in [0.1, 0.15) is 58.1 Å². The molecular weight excluding hydrogens is 433 g/mol. The van der Waals surface area contributed by atoms with Gasteiger partial charge in [-0.25, -0.2) is 9.40 Å². The maximum atomic E-state index is 15.1. The van der Waals surface area contributed by atoms with Crippen molar-refractivity contribution in [3.8, 4) is 17.0 Å². The van der Waals surface area contributed by atoms with Crippen molar-refractivity contribution >= 4 is 5.82 Å². The van der Waals surface area contributed by atoms with Crippen molar-refractivity contribution in [2.24, 2.45) is 0 Å². The van der Waals surface area contributed by atoms with Gasteiger partial charge < -0.3 is 10.1 Å². The lowest BCUT2D eigenvalue weighted by Gasteiger charge is -2.56. The molecule has 1 aliphatic heterocycles. The number of hydrogen-bond acceptors (Lipinski definition) is 6. The van der Waals surface area contributed by atoms with Crippen LogP contribution in [0.25, 0.3) is 11.3 Å². The summed E-state index contributed by atoms with van der Waals surface area (Å²) >= 11 is 0. The summed E-state index contributed by atoms with van der Waals surface area (Å²) in [6.07, 6.45) is 5.29. The Morgan fingerprint density at radius 3 is 2.35 bits per heavy atom. The van der Waals surface area contributed by atoms with E-state index in [2.05, 4.69) is 47.9 Å². The average Bonchev–Trinajstić information content (AvgIpc) is 2.77. The smallest absolute Gasteiger partial charge is 0.247 e. The molecule has 1 saturated heterocycles. The molecule has 0 saturated carbocycles. The number of pyridine rings is 1. The van der Waals surface area contributed by atoms with Crippen molar-refractivity contribution in [2.45, 2.75) is 64.5 Å². The summed E-state index contributed by atoms with van der Waals surface area (Å²) < 4.78 is 15.1. The van der Waals surface area contributed by atoms with Crippen molar-refractivity contribution in [2.75, 3.05) is 12.1 Å². The second kappa shape index (κ2) is 8.83. The third-order valence-electron chi connectivity index (χ3n) is 6.71. The molecule has 34 heavy (non-hydrogen) atoms. The Balaban J connectivity index is 1.68. The number of benzene rings is 1. The number of rotatable bonds is 5. The number of piperidine rings is 1. The maximum absolute atomic E-state index is 15.1. The van der Waals surface area contributed by atoms with E-state index in [4.69, 9.17) is 0 Å². The number of anilines is 1. The minimum atomic E-state index is -0.740. The van der Waals surface area contributed by atoms with Crippen LogP contribution in [-0.4, -0.2) is 43.4 Å². The number of hydrazine groups is 1. The molecule has 0 aliphatic carbocycles. The van der Waals surface area contributed by atoms with Gasteiger partial charge in [-0.05, 0) is 82.7 Å². The molecule has 3 aromatic rings. The molecular formula is C26H32FN5O2. The molecule has 8 heteroatoms. The van der Waals surface area contributed by atoms with Gasteiger partial charge in [-0.1, -0.05) is 12.1 Å². The van der Waals surface area contributed by atoms with Crippen LogP contribution < -0.4 is 10.6 Å². The number of aromatic nitrogens is 3. The lowest BCUT2D eigenvalue weighted by molar-refractivity contribution is -0.0332. The first kappa shape index (κ1) is 23.9. The fourth-order valence-corrected chi connectivity index (χ4v) is 5.33. The fraction of sp³-hybridized carbons (Fsp3) is 0.423. The van der Waals surface area contributed by atoms with Crippen LogP contribution in [0.5, 0.6) is 5.75 Å².